The highest BCUT2D eigenvalue weighted by Gasteiger charge is 2.43. The minimum absolute atomic E-state index is 0.0239. The van der Waals surface area contributed by atoms with Crippen molar-refractivity contribution in [1.29, 1.82) is 0 Å². The molecule has 0 heterocycles. The van der Waals surface area contributed by atoms with Crippen LogP contribution in [-0.4, -0.2) is 71.8 Å². The van der Waals surface area contributed by atoms with Gasteiger partial charge < -0.3 is 38.7 Å². The molecule has 0 aliphatic heterocycles. The van der Waals surface area contributed by atoms with Crippen LogP contribution in [-0.2, 0) is 46.6 Å². The number of benzene rings is 2. The Bertz CT molecular complexity index is 1870. The molecule has 4 rings (SSSR count). The van der Waals surface area contributed by atoms with E-state index < -0.39 is 34.6 Å². The van der Waals surface area contributed by atoms with Gasteiger partial charge in [-0.05, 0) is 117 Å². The monoisotopic (exact) mass is 849 g/mol. The SMILES string of the molecule is CCC(C)(C)C(=O)O[C@H]1C[C@@H](C)C=C2C=C[C@H](C)[C@H](CC[C@@H](O)C[C@@H](O)CC(=O)OCc3ccccc3COc3ccc(/C=C/C(=O)OCCCCO[N+](=O)[O-])cc3OC)[C@H]21. The van der Waals surface area contributed by atoms with Crippen molar-refractivity contribution >= 4 is 24.0 Å². The Balaban J connectivity index is 1.23. The van der Waals surface area contributed by atoms with Crippen molar-refractivity contribution in [3.8, 4) is 11.5 Å². The zero-order valence-corrected chi connectivity index (χ0v) is 36.3. The smallest absolute Gasteiger partial charge is 0.330 e. The molecule has 2 aromatic carbocycles. The maximum absolute atomic E-state index is 13.1. The van der Waals surface area contributed by atoms with Gasteiger partial charge in [0, 0.05) is 12.0 Å². The number of ether oxygens (including phenoxy) is 5. The van der Waals surface area contributed by atoms with Crippen molar-refractivity contribution < 1.29 is 58.2 Å². The summed E-state index contributed by atoms with van der Waals surface area (Å²) in [6, 6.07) is 12.5. The zero-order chi connectivity index (χ0) is 44.5. The van der Waals surface area contributed by atoms with Gasteiger partial charge in [0.05, 0.1) is 44.4 Å². The fourth-order valence-electron chi connectivity index (χ4n) is 7.60. The summed E-state index contributed by atoms with van der Waals surface area (Å²) in [6.45, 7) is 10.2. The highest BCUT2D eigenvalue weighted by atomic mass is 16.9. The fraction of sp³-hybridized carbons (Fsp3) is 0.553. The van der Waals surface area contributed by atoms with E-state index in [4.69, 9.17) is 23.7 Å². The fourth-order valence-corrected chi connectivity index (χ4v) is 7.60. The Morgan fingerprint density at radius 2 is 1.70 bits per heavy atom. The van der Waals surface area contributed by atoms with Gasteiger partial charge in [-0.25, -0.2) is 4.79 Å². The zero-order valence-electron chi connectivity index (χ0n) is 36.3. The number of allylic oxidation sites excluding steroid dienone is 3. The van der Waals surface area contributed by atoms with E-state index in [2.05, 4.69) is 36.9 Å². The van der Waals surface area contributed by atoms with Crippen LogP contribution >= 0.6 is 0 Å². The van der Waals surface area contributed by atoms with Gasteiger partial charge in [0.2, 0.25) is 0 Å². The Hall–Kier alpha value is -5.21. The summed E-state index contributed by atoms with van der Waals surface area (Å²) in [5.41, 5.74) is 2.76. The Labute approximate surface area is 359 Å². The van der Waals surface area contributed by atoms with Crippen LogP contribution in [0.25, 0.3) is 6.08 Å². The topological polar surface area (TPSA) is 190 Å². The number of aliphatic hydroxyl groups excluding tert-OH is 2. The molecule has 0 amide bonds. The van der Waals surface area contributed by atoms with Crippen LogP contribution in [0.1, 0.15) is 103 Å². The molecule has 0 fully saturated rings. The first-order valence-electron chi connectivity index (χ1n) is 21.2. The van der Waals surface area contributed by atoms with E-state index in [1.54, 1.807) is 24.3 Å². The highest BCUT2D eigenvalue weighted by Crippen LogP contribution is 2.45. The molecule has 0 bridgehead atoms. The molecule has 0 aromatic heterocycles. The lowest BCUT2D eigenvalue weighted by Crippen LogP contribution is -2.43. The van der Waals surface area contributed by atoms with Crippen LogP contribution in [0, 0.1) is 39.2 Å². The van der Waals surface area contributed by atoms with Crippen molar-refractivity contribution in [2.45, 2.75) is 118 Å². The van der Waals surface area contributed by atoms with Crippen molar-refractivity contribution in [3.05, 3.63) is 99.1 Å². The summed E-state index contributed by atoms with van der Waals surface area (Å²) >= 11 is 0. The first kappa shape index (κ1) is 48.5. The number of fused-ring (bicyclic) bond motifs is 1. The number of nitrogens with zero attached hydrogens (tertiary/aromatic N) is 1. The van der Waals surface area contributed by atoms with Gasteiger partial charge in [0.25, 0.3) is 5.09 Å². The number of aliphatic hydroxyl groups is 2. The molecular formula is C47H63NO13. The van der Waals surface area contributed by atoms with Gasteiger partial charge in [-0.2, -0.15) is 0 Å². The number of hydrogen-bond acceptors (Lipinski definition) is 13. The van der Waals surface area contributed by atoms with Crippen LogP contribution in [0.15, 0.2) is 72.3 Å². The van der Waals surface area contributed by atoms with Gasteiger partial charge in [0.15, 0.2) is 11.5 Å². The minimum atomic E-state index is -1.09. The third-order valence-corrected chi connectivity index (χ3v) is 11.5. The second-order valence-corrected chi connectivity index (χ2v) is 16.7. The molecule has 2 aliphatic carbocycles. The maximum atomic E-state index is 13.1. The molecule has 0 saturated carbocycles. The first-order chi connectivity index (χ1) is 29.1. The molecule has 2 aliphatic rings. The number of carbonyl (C=O) groups is 3. The van der Waals surface area contributed by atoms with E-state index >= 15 is 0 Å². The molecule has 2 aromatic rings. The van der Waals surface area contributed by atoms with Gasteiger partial charge in [0.1, 0.15) is 19.3 Å². The third-order valence-electron chi connectivity index (χ3n) is 11.5. The van der Waals surface area contributed by atoms with Gasteiger partial charge in [-0.15, -0.1) is 10.1 Å². The average molecular weight is 850 g/mol. The van der Waals surface area contributed by atoms with Crippen LogP contribution < -0.4 is 9.47 Å². The molecule has 0 radical (unpaired) electrons. The number of unbranched alkanes of at least 4 members (excludes halogenated alkanes) is 1. The average Bonchev–Trinajstić information content (AvgIpc) is 3.22. The van der Waals surface area contributed by atoms with Crippen molar-refractivity contribution in [2.75, 3.05) is 20.3 Å². The predicted molar refractivity (Wildman–Crippen MR) is 227 cm³/mol. The Morgan fingerprint density at radius 1 is 0.984 bits per heavy atom. The highest BCUT2D eigenvalue weighted by molar-refractivity contribution is 5.87. The minimum Gasteiger partial charge on any atom is -0.493 e. The van der Waals surface area contributed by atoms with E-state index in [-0.39, 0.29) is 75.0 Å². The molecule has 0 unspecified atom stereocenters. The van der Waals surface area contributed by atoms with E-state index in [0.717, 1.165) is 17.5 Å². The summed E-state index contributed by atoms with van der Waals surface area (Å²) in [5.74, 6) is 0.198. The summed E-state index contributed by atoms with van der Waals surface area (Å²) < 4.78 is 28.5. The molecule has 0 saturated heterocycles. The number of methoxy groups -OCH3 is 1. The second kappa shape index (κ2) is 23.7. The molecule has 334 valence electrons. The van der Waals surface area contributed by atoms with Crippen molar-refractivity contribution in [2.24, 2.45) is 29.1 Å². The van der Waals surface area contributed by atoms with Crippen LogP contribution in [0.2, 0.25) is 0 Å². The molecule has 61 heavy (non-hydrogen) atoms. The van der Waals surface area contributed by atoms with E-state index in [9.17, 15) is 34.7 Å². The van der Waals surface area contributed by atoms with Crippen LogP contribution in [0.5, 0.6) is 11.5 Å². The molecule has 2 N–H and O–H groups in total. The largest absolute Gasteiger partial charge is 0.493 e. The number of carbonyl (C=O) groups excluding carboxylic acids is 3. The third kappa shape index (κ3) is 15.3. The lowest BCUT2D eigenvalue weighted by Gasteiger charge is -2.44. The summed E-state index contributed by atoms with van der Waals surface area (Å²) in [4.78, 5) is 52.5. The predicted octanol–water partition coefficient (Wildman–Crippen LogP) is 7.90. The van der Waals surface area contributed by atoms with E-state index in [0.29, 0.717) is 49.2 Å². The van der Waals surface area contributed by atoms with E-state index in [1.165, 1.54) is 18.8 Å². The Kier molecular flexibility index (Phi) is 18.8. The quantitative estimate of drug-likeness (QED) is 0.0259. The number of hydrogen-bond donors (Lipinski definition) is 2. The number of rotatable bonds is 24. The van der Waals surface area contributed by atoms with Crippen molar-refractivity contribution in [3.63, 3.8) is 0 Å². The lowest BCUT2D eigenvalue weighted by molar-refractivity contribution is -0.757. The molecule has 7 atom stereocenters. The van der Waals surface area contributed by atoms with Crippen molar-refractivity contribution in [1.82, 2.24) is 0 Å². The standard InChI is InChI=1S/C47H63NO13/c1-7-47(4,5)46(53)61-42-25-31(2)24-34-17-14-32(3)39(45(34)42)19-18-37(49)27-38(50)28-44(52)59-30-36-13-9-8-12-35(36)29-58-40-20-15-33(26-41(40)56-6)16-21-43(51)57-22-10-11-23-60-48(54)55/h8-9,12-17,20-21,24,26,31-32,37-39,42,45,49-50H,7,10-11,18-19,22-23,25,27-30H2,1-6H3/b21-16+/t31-,32-,37+,38+,39-,42-,45-/m0/s1. The summed E-state index contributed by atoms with van der Waals surface area (Å²) in [5, 5.41) is 31.1. The molecule has 14 nitrogen and oxygen atoms in total. The normalized spacial score (nSPS) is 20.8. The van der Waals surface area contributed by atoms with Gasteiger partial charge >= 0.3 is 17.9 Å². The number of esters is 3. The van der Waals surface area contributed by atoms with Gasteiger partial charge in [-0.1, -0.05) is 69.3 Å². The lowest BCUT2D eigenvalue weighted by atomic mass is 9.65. The first-order valence-corrected chi connectivity index (χ1v) is 21.2. The molecule has 0 spiro atoms. The molecular weight excluding hydrogens is 787 g/mol. The van der Waals surface area contributed by atoms with Gasteiger partial charge in [-0.3, -0.25) is 9.59 Å². The Morgan fingerprint density at radius 3 is 2.41 bits per heavy atom. The van der Waals surface area contributed by atoms with E-state index in [1.807, 2.05) is 45.0 Å². The molecule has 14 heteroatoms. The van der Waals surface area contributed by atoms with Crippen LogP contribution in [0.3, 0.4) is 0 Å². The second-order valence-electron chi connectivity index (χ2n) is 16.7. The van der Waals surface area contributed by atoms with Crippen LogP contribution in [0.4, 0.5) is 0 Å². The summed E-state index contributed by atoms with van der Waals surface area (Å²) in [7, 11) is 1.50. The summed E-state index contributed by atoms with van der Waals surface area (Å²) in [6.07, 6.45) is 10.4. The maximum Gasteiger partial charge on any atom is 0.330 e.